The summed E-state index contributed by atoms with van der Waals surface area (Å²) < 4.78 is 37.6. The molecule has 234 valence electrons. The molecule has 4 rings (SSSR count). The normalized spacial score (nSPS) is 17.7. The smallest absolute Gasteiger partial charge is 0.333 e. The molecule has 0 bridgehead atoms. The van der Waals surface area contributed by atoms with Crippen LogP contribution >= 0.6 is 0 Å². The molecule has 0 amide bonds. The van der Waals surface area contributed by atoms with E-state index in [-0.39, 0.29) is 28.6 Å². The SMILES string of the molecule is CC(C)n1c(N2CCN(CCC(C)(C)Oc3ccc(NS(=O)(=O)C4CCCCC4)cc3)CC2)cc(=O)n(C(C)C)c1=O. The van der Waals surface area contributed by atoms with Crippen molar-refractivity contribution in [3.05, 3.63) is 51.2 Å². The molecule has 2 heterocycles. The summed E-state index contributed by atoms with van der Waals surface area (Å²) in [5.74, 6) is 1.40. The molecule has 1 saturated carbocycles. The van der Waals surface area contributed by atoms with Crippen LogP contribution in [0.3, 0.4) is 0 Å². The van der Waals surface area contributed by atoms with Crippen molar-refractivity contribution >= 4 is 21.5 Å². The van der Waals surface area contributed by atoms with Crippen LogP contribution in [0.2, 0.25) is 0 Å². The average molecular weight is 604 g/mol. The zero-order valence-electron chi connectivity index (χ0n) is 26.1. The minimum atomic E-state index is -3.38. The van der Waals surface area contributed by atoms with E-state index in [0.29, 0.717) is 17.3 Å². The molecule has 0 unspecified atom stereocenters. The van der Waals surface area contributed by atoms with Crippen LogP contribution in [0.4, 0.5) is 11.5 Å². The number of piperazine rings is 1. The maximum absolute atomic E-state index is 13.2. The fraction of sp³-hybridized carbons (Fsp3) is 0.677. The molecule has 1 aromatic carbocycles. The number of anilines is 2. The van der Waals surface area contributed by atoms with E-state index >= 15 is 0 Å². The van der Waals surface area contributed by atoms with Gasteiger partial charge in [0.15, 0.2) is 0 Å². The Hall–Kier alpha value is -2.79. The first-order valence-electron chi connectivity index (χ1n) is 15.4. The molecule has 0 spiro atoms. The van der Waals surface area contributed by atoms with Crippen LogP contribution in [0.5, 0.6) is 5.75 Å². The zero-order valence-corrected chi connectivity index (χ0v) is 27.0. The Labute approximate surface area is 250 Å². The van der Waals surface area contributed by atoms with E-state index in [4.69, 9.17) is 4.74 Å². The lowest BCUT2D eigenvalue weighted by atomic mass is 10.0. The molecular weight excluding hydrogens is 554 g/mol. The van der Waals surface area contributed by atoms with Crippen LogP contribution in [-0.2, 0) is 10.0 Å². The second-order valence-corrected chi connectivity index (χ2v) is 14.9. The summed E-state index contributed by atoms with van der Waals surface area (Å²) in [5.41, 5.74) is -0.357. The van der Waals surface area contributed by atoms with Crippen molar-refractivity contribution < 1.29 is 13.2 Å². The molecule has 2 aromatic rings. The van der Waals surface area contributed by atoms with Gasteiger partial charge in [0.05, 0.1) is 5.25 Å². The molecule has 1 aromatic heterocycles. The van der Waals surface area contributed by atoms with Gasteiger partial charge in [-0.2, -0.15) is 0 Å². The third kappa shape index (κ3) is 7.78. The minimum absolute atomic E-state index is 0.0554. The summed E-state index contributed by atoms with van der Waals surface area (Å²) in [4.78, 5) is 30.4. The van der Waals surface area contributed by atoms with Gasteiger partial charge in [0, 0.05) is 56.6 Å². The minimum Gasteiger partial charge on any atom is -0.488 e. The largest absolute Gasteiger partial charge is 0.488 e. The van der Waals surface area contributed by atoms with Gasteiger partial charge >= 0.3 is 5.69 Å². The number of ether oxygens (including phenoxy) is 1. The van der Waals surface area contributed by atoms with Crippen LogP contribution in [0.15, 0.2) is 39.9 Å². The monoisotopic (exact) mass is 603 g/mol. The summed E-state index contributed by atoms with van der Waals surface area (Å²) in [6.45, 7) is 15.8. The van der Waals surface area contributed by atoms with Gasteiger partial charge in [-0.3, -0.25) is 23.6 Å². The molecule has 10 nitrogen and oxygen atoms in total. The highest BCUT2D eigenvalue weighted by atomic mass is 32.2. The average Bonchev–Trinajstić information content (AvgIpc) is 2.93. The van der Waals surface area contributed by atoms with E-state index in [1.54, 1.807) is 22.8 Å². The van der Waals surface area contributed by atoms with Crippen molar-refractivity contribution in [2.75, 3.05) is 42.3 Å². The number of nitrogens with zero attached hydrogens (tertiary/aromatic N) is 4. The molecule has 42 heavy (non-hydrogen) atoms. The number of hydrogen-bond acceptors (Lipinski definition) is 7. The second-order valence-electron chi connectivity index (χ2n) is 12.9. The Balaban J connectivity index is 1.30. The first-order chi connectivity index (χ1) is 19.8. The molecule has 0 radical (unpaired) electrons. The molecule has 11 heteroatoms. The predicted octanol–water partition coefficient (Wildman–Crippen LogP) is 4.62. The van der Waals surface area contributed by atoms with Gasteiger partial charge in [-0.25, -0.2) is 13.2 Å². The molecule has 1 saturated heterocycles. The van der Waals surface area contributed by atoms with Gasteiger partial charge < -0.3 is 9.64 Å². The lowest BCUT2D eigenvalue weighted by Gasteiger charge is -2.38. The van der Waals surface area contributed by atoms with E-state index in [9.17, 15) is 18.0 Å². The van der Waals surface area contributed by atoms with E-state index in [2.05, 4.69) is 28.4 Å². The van der Waals surface area contributed by atoms with Crippen molar-refractivity contribution in [3.8, 4) is 5.75 Å². The van der Waals surface area contributed by atoms with E-state index in [0.717, 1.165) is 71.2 Å². The van der Waals surface area contributed by atoms with Crippen LogP contribution in [0, 0.1) is 0 Å². The fourth-order valence-corrected chi connectivity index (χ4v) is 7.56. The van der Waals surface area contributed by atoms with Crippen molar-refractivity contribution in [1.82, 2.24) is 14.0 Å². The van der Waals surface area contributed by atoms with Gasteiger partial charge in [-0.1, -0.05) is 19.3 Å². The summed E-state index contributed by atoms with van der Waals surface area (Å²) in [6.07, 6.45) is 5.31. The van der Waals surface area contributed by atoms with Crippen molar-refractivity contribution in [3.63, 3.8) is 0 Å². The topological polar surface area (TPSA) is 106 Å². The first-order valence-corrected chi connectivity index (χ1v) is 17.0. The van der Waals surface area contributed by atoms with Gasteiger partial charge in [-0.05, 0) is 85.1 Å². The summed E-state index contributed by atoms with van der Waals surface area (Å²) in [5, 5.41) is -0.309. The van der Waals surface area contributed by atoms with Crippen molar-refractivity contribution in [2.24, 2.45) is 0 Å². The van der Waals surface area contributed by atoms with Crippen LogP contribution in [0.25, 0.3) is 0 Å². The van der Waals surface area contributed by atoms with Crippen LogP contribution in [-0.4, -0.2) is 66.0 Å². The number of benzene rings is 1. The molecule has 1 aliphatic heterocycles. The molecular formula is C31H49N5O5S. The summed E-state index contributed by atoms with van der Waals surface area (Å²) in [7, 11) is -3.38. The zero-order chi connectivity index (χ0) is 30.7. The summed E-state index contributed by atoms with van der Waals surface area (Å²) in [6, 6.07) is 8.54. The number of nitrogens with one attached hydrogen (secondary N) is 1. The third-order valence-corrected chi connectivity index (χ3v) is 10.3. The summed E-state index contributed by atoms with van der Waals surface area (Å²) >= 11 is 0. The van der Waals surface area contributed by atoms with Crippen LogP contribution < -0.4 is 25.6 Å². The molecule has 1 aliphatic carbocycles. The van der Waals surface area contributed by atoms with Crippen molar-refractivity contribution in [1.29, 1.82) is 0 Å². The highest BCUT2D eigenvalue weighted by molar-refractivity contribution is 7.93. The first kappa shape index (κ1) is 32.1. The highest BCUT2D eigenvalue weighted by Gasteiger charge is 2.28. The van der Waals surface area contributed by atoms with E-state index in [1.165, 1.54) is 4.57 Å². The lowest BCUT2D eigenvalue weighted by molar-refractivity contribution is 0.0821. The maximum atomic E-state index is 13.2. The maximum Gasteiger partial charge on any atom is 0.333 e. The number of sulfonamides is 1. The number of hydrogen-bond donors (Lipinski definition) is 1. The van der Waals surface area contributed by atoms with Gasteiger partial charge in [0.1, 0.15) is 17.2 Å². The van der Waals surface area contributed by atoms with Gasteiger partial charge in [0.2, 0.25) is 10.0 Å². The lowest BCUT2D eigenvalue weighted by Crippen LogP contribution is -2.51. The van der Waals surface area contributed by atoms with Gasteiger partial charge in [0.25, 0.3) is 5.56 Å². The quantitative estimate of drug-likeness (QED) is 0.400. The van der Waals surface area contributed by atoms with E-state index in [1.807, 2.05) is 39.8 Å². The van der Waals surface area contributed by atoms with E-state index < -0.39 is 15.6 Å². The number of rotatable bonds is 11. The highest BCUT2D eigenvalue weighted by Crippen LogP contribution is 2.28. The molecule has 2 aliphatic rings. The Morgan fingerprint density at radius 2 is 1.50 bits per heavy atom. The predicted molar refractivity (Wildman–Crippen MR) is 170 cm³/mol. The second kappa shape index (κ2) is 13.2. The standard InChI is InChI=1S/C31H49N5O5S/c1-23(2)35-28(22-29(37)36(24(3)4)30(35)38)34-20-18-33(19-21-34)17-16-31(5,6)41-26-14-12-25(13-15-26)32-42(39,40)27-10-8-7-9-11-27/h12-15,22-24,27,32H,7-11,16-21H2,1-6H3. The Kier molecular flexibility index (Phi) is 10.1. The Morgan fingerprint density at radius 3 is 2.07 bits per heavy atom. The molecule has 1 N–H and O–H groups in total. The Bertz CT molecular complexity index is 1420. The van der Waals surface area contributed by atoms with Gasteiger partial charge in [-0.15, -0.1) is 0 Å². The van der Waals surface area contributed by atoms with Crippen molar-refractivity contribution in [2.45, 2.75) is 103 Å². The fourth-order valence-electron chi connectivity index (χ4n) is 5.97. The van der Waals surface area contributed by atoms with Crippen LogP contribution in [0.1, 0.15) is 92.2 Å². The number of aromatic nitrogens is 2. The Morgan fingerprint density at radius 1 is 0.905 bits per heavy atom. The molecule has 0 atom stereocenters. The third-order valence-electron chi connectivity index (χ3n) is 8.41. The molecule has 2 fully saturated rings.